The molecule has 1 N–H and O–H groups in total. The zero-order chi connectivity index (χ0) is 17.5. The van der Waals surface area contributed by atoms with Crippen LogP contribution in [-0.4, -0.2) is 43.5 Å². The van der Waals surface area contributed by atoms with Crippen molar-refractivity contribution < 1.29 is 14.3 Å². The second-order valence-electron chi connectivity index (χ2n) is 6.35. The minimum Gasteiger partial charge on any atom is -0.382 e. The lowest BCUT2D eigenvalue weighted by Gasteiger charge is -2.38. The van der Waals surface area contributed by atoms with Crippen molar-refractivity contribution in [3.63, 3.8) is 0 Å². The molecule has 1 saturated heterocycles. The van der Waals surface area contributed by atoms with Gasteiger partial charge in [-0.1, -0.05) is 29.8 Å². The van der Waals surface area contributed by atoms with E-state index in [1.54, 1.807) is 11.9 Å². The van der Waals surface area contributed by atoms with Crippen LogP contribution in [0.25, 0.3) is 0 Å². The van der Waals surface area contributed by atoms with Gasteiger partial charge in [-0.3, -0.25) is 9.59 Å². The minimum absolute atomic E-state index is 0.0245. The first-order chi connectivity index (χ1) is 11.5. The molecule has 0 unspecified atom stereocenters. The van der Waals surface area contributed by atoms with Crippen molar-refractivity contribution in [1.29, 1.82) is 0 Å². The highest BCUT2D eigenvalue weighted by molar-refractivity contribution is 5.84. The molecule has 0 aliphatic carbocycles. The maximum atomic E-state index is 12.6. The van der Waals surface area contributed by atoms with E-state index in [1.165, 1.54) is 5.56 Å². The number of rotatable bonds is 7. The average Bonchev–Trinajstić information content (AvgIpc) is 2.58. The lowest BCUT2D eigenvalue weighted by Crippen LogP contribution is -2.46. The van der Waals surface area contributed by atoms with Crippen LogP contribution in [0.15, 0.2) is 24.3 Å². The van der Waals surface area contributed by atoms with E-state index in [0.29, 0.717) is 32.6 Å². The van der Waals surface area contributed by atoms with Gasteiger partial charge in [0.2, 0.25) is 11.8 Å². The summed E-state index contributed by atoms with van der Waals surface area (Å²) in [6.07, 6.45) is 1.82. The maximum absolute atomic E-state index is 12.6. The number of aryl methyl sites for hydroxylation is 1. The van der Waals surface area contributed by atoms with Gasteiger partial charge in [0.25, 0.3) is 0 Å². The Balaban J connectivity index is 2.06. The number of carbonyl (C=O) groups is 2. The van der Waals surface area contributed by atoms with Crippen molar-refractivity contribution in [3.05, 3.63) is 35.4 Å². The molecule has 5 nitrogen and oxygen atoms in total. The van der Waals surface area contributed by atoms with E-state index in [0.717, 1.165) is 12.0 Å². The molecule has 1 aliphatic rings. The summed E-state index contributed by atoms with van der Waals surface area (Å²) in [5, 5.41) is 3.00. The molecule has 0 aromatic heterocycles. The Morgan fingerprint density at radius 3 is 2.71 bits per heavy atom. The van der Waals surface area contributed by atoms with Gasteiger partial charge in [-0.2, -0.15) is 0 Å². The van der Waals surface area contributed by atoms with E-state index in [-0.39, 0.29) is 23.8 Å². The van der Waals surface area contributed by atoms with E-state index < -0.39 is 0 Å². The van der Waals surface area contributed by atoms with Crippen molar-refractivity contribution in [2.45, 2.75) is 39.2 Å². The van der Waals surface area contributed by atoms with Gasteiger partial charge in [-0.25, -0.2) is 0 Å². The first kappa shape index (κ1) is 18.5. The summed E-state index contributed by atoms with van der Waals surface area (Å²) in [6.45, 7) is 5.94. The molecular formula is C19H28N2O3. The summed E-state index contributed by atoms with van der Waals surface area (Å²) in [7, 11) is 1.79. The van der Waals surface area contributed by atoms with E-state index >= 15 is 0 Å². The molecule has 2 atom stereocenters. The fraction of sp³-hybridized carbons (Fsp3) is 0.579. The van der Waals surface area contributed by atoms with Gasteiger partial charge in [0.05, 0.1) is 12.0 Å². The number of carbonyl (C=O) groups excluding carboxylic acids is 2. The largest absolute Gasteiger partial charge is 0.382 e. The van der Waals surface area contributed by atoms with Gasteiger partial charge in [0, 0.05) is 33.2 Å². The molecule has 0 bridgehead atoms. The molecular weight excluding hydrogens is 304 g/mol. The van der Waals surface area contributed by atoms with E-state index in [2.05, 4.69) is 5.32 Å². The number of nitrogens with zero attached hydrogens (tertiary/aromatic N) is 1. The fourth-order valence-corrected chi connectivity index (χ4v) is 3.19. The van der Waals surface area contributed by atoms with Crippen molar-refractivity contribution in [3.8, 4) is 0 Å². The first-order valence-electron chi connectivity index (χ1n) is 8.72. The summed E-state index contributed by atoms with van der Waals surface area (Å²) in [5.74, 6) is -0.0834. The summed E-state index contributed by atoms with van der Waals surface area (Å²) < 4.78 is 5.29. The molecule has 2 rings (SSSR count). The van der Waals surface area contributed by atoms with Crippen molar-refractivity contribution >= 4 is 11.8 Å². The SMILES string of the molecule is CCOCCCNC(=O)[C@@H]1CCC(=O)N(C)[C@H]1c1ccc(C)cc1. The molecule has 1 aromatic carbocycles. The Kier molecular flexibility index (Phi) is 6.79. The molecule has 132 valence electrons. The van der Waals surface area contributed by atoms with E-state index in [1.807, 2.05) is 38.1 Å². The number of hydrogen-bond donors (Lipinski definition) is 1. The van der Waals surface area contributed by atoms with E-state index in [9.17, 15) is 9.59 Å². The number of piperidine rings is 1. The molecule has 5 heteroatoms. The van der Waals surface area contributed by atoms with Crippen LogP contribution in [0.4, 0.5) is 0 Å². The Morgan fingerprint density at radius 1 is 1.33 bits per heavy atom. The molecule has 0 radical (unpaired) electrons. The van der Waals surface area contributed by atoms with Crippen LogP contribution in [0.1, 0.15) is 43.4 Å². The Hall–Kier alpha value is -1.88. The molecule has 24 heavy (non-hydrogen) atoms. The van der Waals surface area contributed by atoms with Gasteiger partial charge in [-0.05, 0) is 32.3 Å². The molecule has 2 amide bonds. The third-order valence-corrected chi connectivity index (χ3v) is 4.59. The zero-order valence-corrected chi connectivity index (χ0v) is 14.9. The lowest BCUT2D eigenvalue weighted by atomic mass is 9.83. The third kappa shape index (κ3) is 4.57. The fourth-order valence-electron chi connectivity index (χ4n) is 3.19. The summed E-state index contributed by atoms with van der Waals surface area (Å²) >= 11 is 0. The van der Waals surface area contributed by atoms with Crippen LogP contribution >= 0.6 is 0 Å². The number of hydrogen-bond acceptors (Lipinski definition) is 3. The van der Waals surface area contributed by atoms with E-state index in [4.69, 9.17) is 4.74 Å². The molecule has 1 aliphatic heterocycles. The standard InChI is InChI=1S/C19H28N2O3/c1-4-24-13-5-12-20-19(23)16-10-11-17(22)21(3)18(16)15-8-6-14(2)7-9-15/h6-9,16,18H,4-5,10-13H2,1-3H3,(H,20,23)/t16-,18+/m1/s1. The Labute approximate surface area is 144 Å². The monoisotopic (exact) mass is 332 g/mol. The smallest absolute Gasteiger partial charge is 0.225 e. The number of benzene rings is 1. The third-order valence-electron chi connectivity index (χ3n) is 4.59. The summed E-state index contributed by atoms with van der Waals surface area (Å²) in [5.41, 5.74) is 2.19. The molecule has 1 aromatic rings. The van der Waals surface area contributed by atoms with Crippen LogP contribution < -0.4 is 5.32 Å². The minimum atomic E-state index is -0.206. The number of amides is 2. The van der Waals surface area contributed by atoms with Crippen LogP contribution in [-0.2, 0) is 14.3 Å². The molecule has 1 heterocycles. The Morgan fingerprint density at radius 2 is 2.04 bits per heavy atom. The van der Waals surface area contributed by atoms with Gasteiger partial charge >= 0.3 is 0 Å². The van der Waals surface area contributed by atoms with Crippen molar-refractivity contribution in [1.82, 2.24) is 10.2 Å². The van der Waals surface area contributed by atoms with Gasteiger partial charge in [0.1, 0.15) is 0 Å². The molecule has 0 saturated carbocycles. The lowest BCUT2D eigenvalue weighted by molar-refractivity contribution is -0.141. The van der Waals surface area contributed by atoms with Gasteiger partial charge < -0.3 is 15.0 Å². The number of ether oxygens (including phenoxy) is 1. The predicted molar refractivity (Wildman–Crippen MR) is 93.5 cm³/mol. The normalized spacial score (nSPS) is 21.0. The topological polar surface area (TPSA) is 58.6 Å². The van der Waals surface area contributed by atoms with Gasteiger partial charge in [0.15, 0.2) is 0 Å². The van der Waals surface area contributed by atoms with Crippen LogP contribution in [0.2, 0.25) is 0 Å². The Bertz CT molecular complexity index is 556. The van der Waals surface area contributed by atoms with Gasteiger partial charge in [-0.15, -0.1) is 0 Å². The second kappa shape index (κ2) is 8.83. The zero-order valence-electron chi connectivity index (χ0n) is 14.9. The second-order valence-corrected chi connectivity index (χ2v) is 6.35. The summed E-state index contributed by atoms with van der Waals surface area (Å²) in [4.78, 5) is 26.5. The molecule has 1 fully saturated rings. The first-order valence-corrected chi connectivity index (χ1v) is 8.72. The number of nitrogens with one attached hydrogen (secondary N) is 1. The highest BCUT2D eigenvalue weighted by Gasteiger charge is 2.38. The van der Waals surface area contributed by atoms with Crippen LogP contribution in [0.5, 0.6) is 0 Å². The maximum Gasteiger partial charge on any atom is 0.225 e. The van der Waals surface area contributed by atoms with Crippen LogP contribution in [0, 0.1) is 12.8 Å². The highest BCUT2D eigenvalue weighted by atomic mass is 16.5. The van der Waals surface area contributed by atoms with Crippen molar-refractivity contribution in [2.24, 2.45) is 5.92 Å². The predicted octanol–water partition coefficient (Wildman–Crippen LogP) is 2.45. The summed E-state index contributed by atoms with van der Waals surface area (Å²) in [6, 6.07) is 7.90. The van der Waals surface area contributed by atoms with Crippen molar-refractivity contribution in [2.75, 3.05) is 26.8 Å². The quantitative estimate of drug-likeness (QED) is 0.780. The van der Waals surface area contributed by atoms with Crippen LogP contribution in [0.3, 0.4) is 0 Å². The average molecular weight is 332 g/mol. The number of likely N-dealkylation sites (tertiary alicyclic amines) is 1. The molecule has 0 spiro atoms. The highest BCUT2D eigenvalue weighted by Crippen LogP contribution is 2.35.